The van der Waals surface area contributed by atoms with Gasteiger partial charge < -0.3 is 10.1 Å². The highest BCUT2D eigenvalue weighted by atomic mass is 16.4. The Labute approximate surface area is 102 Å². The van der Waals surface area contributed by atoms with E-state index in [4.69, 9.17) is 5.21 Å². The van der Waals surface area contributed by atoms with Crippen LogP contribution in [0.15, 0.2) is 29.4 Å². The second-order valence-corrected chi connectivity index (χ2v) is 4.26. The molecule has 0 amide bonds. The van der Waals surface area contributed by atoms with Crippen molar-refractivity contribution >= 4 is 11.5 Å². The molecule has 0 saturated carbocycles. The van der Waals surface area contributed by atoms with Crippen molar-refractivity contribution in [2.24, 2.45) is 5.16 Å². The Morgan fingerprint density at radius 3 is 2.35 bits per heavy atom. The fourth-order valence-corrected chi connectivity index (χ4v) is 1.43. The van der Waals surface area contributed by atoms with Crippen LogP contribution in [-0.2, 0) is 6.42 Å². The molecule has 17 heavy (non-hydrogen) atoms. The Bertz CT molecular complexity index is 408. The van der Waals surface area contributed by atoms with Crippen LogP contribution in [0.25, 0.3) is 0 Å². The summed E-state index contributed by atoms with van der Waals surface area (Å²) in [6.07, 6.45) is 0.953. The van der Waals surface area contributed by atoms with Crippen LogP contribution >= 0.6 is 0 Å². The van der Waals surface area contributed by atoms with Gasteiger partial charge in [0.2, 0.25) is 5.78 Å². The number of hydrogen-bond donors (Lipinski definition) is 1. The number of oxime groups is 1. The van der Waals surface area contributed by atoms with Crippen molar-refractivity contribution in [1.82, 2.24) is 4.90 Å². The van der Waals surface area contributed by atoms with Crippen molar-refractivity contribution in [3.05, 3.63) is 35.4 Å². The number of carbonyl (C=O) groups excluding carboxylic acids is 1. The van der Waals surface area contributed by atoms with Crippen LogP contribution in [0.3, 0.4) is 0 Å². The lowest BCUT2D eigenvalue weighted by Gasteiger charge is -2.09. The average Bonchev–Trinajstić information content (AvgIpc) is 2.35. The third-order valence-corrected chi connectivity index (χ3v) is 2.54. The largest absolute Gasteiger partial charge is 0.411 e. The van der Waals surface area contributed by atoms with Crippen LogP contribution in [0, 0.1) is 0 Å². The molecule has 0 aliphatic rings. The fourth-order valence-electron chi connectivity index (χ4n) is 1.43. The lowest BCUT2D eigenvalue weighted by Crippen LogP contribution is -2.15. The predicted molar refractivity (Wildman–Crippen MR) is 67.9 cm³/mol. The zero-order valence-corrected chi connectivity index (χ0v) is 10.5. The van der Waals surface area contributed by atoms with Crippen LogP contribution in [0.5, 0.6) is 0 Å². The minimum Gasteiger partial charge on any atom is -0.411 e. The minimum atomic E-state index is -0.244. The fraction of sp³-hybridized carbons (Fsp3) is 0.385. The molecule has 92 valence electrons. The smallest absolute Gasteiger partial charge is 0.210 e. The van der Waals surface area contributed by atoms with E-state index in [1.165, 1.54) is 12.5 Å². The molecule has 0 radical (unpaired) electrons. The van der Waals surface area contributed by atoms with Gasteiger partial charge in [0.25, 0.3) is 0 Å². The number of carbonyl (C=O) groups is 1. The Morgan fingerprint density at radius 2 is 1.88 bits per heavy atom. The first-order chi connectivity index (χ1) is 8.04. The summed E-state index contributed by atoms with van der Waals surface area (Å²) >= 11 is 0. The van der Waals surface area contributed by atoms with Gasteiger partial charge in [-0.25, -0.2) is 0 Å². The van der Waals surface area contributed by atoms with Crippen LogP contribution in [0.1, 0.15) is 22.8 Å². The molecule has 0 bridgehead atoms. The summed E-state index contributed by atoms with van der Waals surface area (Å²) in [7, 11) is 4.05. The van der Waals surface area contributed by atoms with Crippen molar-refractivity contribution in [2.75, 3.05) is 20.6 Å². The van der Waals surface area contributed by atoms with Crippen molar-refractivity contribution in [2.45, 2.75) is 13.3 Å². The van der Waals surface area contributed by atoms with E-state index in [1.54, 1.807) is 12.1 Å². The molecule has 0 fully saturated rings. The Balaban J connectivity index is 2.71. The zero-order valence-electron chi connectivity index (χ0n) is 10.5. The van der Waals surface area contributed by atoms with E-state index in [9.17, 15) is 4.79 Å². The quantitative estimate of drug-likeness (QED) is 0.366. The van der Waals surface area contributed by atoms with Gasteiger partial charge >= 0.3 is 0 Å². The molecule has 4 nitrogen and oxygen atoms in total. The number of nitrogens with zero attached hydrogens (tertiary/aromatic N) is 2. The van der Waals surface area contributed by atoms with Gasteiger partial charge in [0.1, 0.15) is 5.71 Å². The Morgan fingerprint density at radius 1 is 1.29 bits per heavy atom. The van der Waals surface area contributed by atoms with Gasteiger partial charge in [0.15, 0.2) is 0 Å². The van der Waals surface area contributed by atoms with Crippen molar-refractivity contribution < 1.29 is 10.0 Å². The molecule has 1 aromatic carbocycles. The lowest BCUT2D eigenvalue weighted by molar-refractivity contribution is 0.106. The van der Waals surface area contributed by atoms with E-state index in [2.05, 4.69) is 10.1 Å². The zero-order chi connectivity index (χ0) is 12.8. The Kier molecular flexibility index (Phi) is 4.84. The maximum atomic E-state index is 11.7. The number of Topliss-reactive ketones (excluding diaryl/α,β-unsaturated/α-hetero) is 1. The lowest BCUT2D eigenvalue weighted by atomic mass is 10.0. The van der Waals surface area contributed by atoms with Crippen molar-refractivity contribution in [1.29, 1.82) is 0 Å². The van der Waals surface area contributed by atoms with E-state index in [0.29, 0.717) is 5.56 Å². The molecule has 0 unspecified atom stereocenters. The third kappa shape index (κ3) is 4.00. The van der Waals surface area contributed by atoms with Crippen molar-refractivity contribution in [3.8, 4) is 0 Å². The van der Waals surface area contributed by atoms with E-state index in [1.807, 2.05) is 26.2 Å². The third-order valence-electron chi connectivity index (χ3n) is 2.54. The van der Waals surface area contributed by atoms with Gasteiger partial charge in [-0.05, 0) is 33.0 Å². The second-order valence-electron chi connectivity index (χ2n) is 4.26. The van der Waals surface area contributed by atoms with E-state index < -0.39 is 0 Å². The van der Waals surface area contributed by atoms with Crippen LogP contribution < -0.4 is 0 Å². The summed E-state index contributed by atoms with van der Waals surface area (Å²) in [5.41, 5.74) is 1.84. The van der Waals surface area contributed by atoms with Gasteiger partial charge in [0, 0.05) is 12.1 Å². The number of hydrogen-bond acceptors (Lipinski definition) is 4. The predicted octanol–water partition coefficient (Wildman–Crippen LogP) is 1.82. The van der Waals surface area contributed by atoms with Gasteiger partial charge in [-0.15, -0.1) is 0 Å². The summed E-state index contributed by atoms with van der Waals surface area (Å²) in [5.74, 6) is -0.244. The van der Waals surface area contributed by atoms with E-state index >= 15 is 0 Å². The van der Waals surface area contributed by atoms with Crippen LogP contribution in [-0.4, -0.2) is 42.2 Å². The van der Waals surface area contributed by atoms with Gasteiger partial charge in [-0.3, -0.25) is 4.79 Å². The summed E-state index contributed by atoms with van der Waals surface area (Å²) in [4.78, 5) is 13.8. The Hall–Kier alpha value is -1.68. The molecule has 1 aromatic rings. The van der Waals surface area contributed by atoms with Gasteiger partial charge in [-0.2, -0.15) is 0 Å². The first kappa shape index (κ1) is 13.4. The normalized spacial score (nSPS) is 11.9. The first-order valence-electron chi connectivity index (χ1n) is 5.51. The summed E-state index contributed by atoms with van der Waals surface area (Å²) in [5, 5.41) is 11.4. The number of benzene rings is 1. The first-order valence-corrected chi connectivity index (χ1v) is 5.51. The number of likely N-dealkylation sites (N-methyl/N-ethyl adjacent to an activating group) is 1. The van der Waals surface area contributed by atoms with E-state index in [0.717, 1.165) is 13.0 Å². The summed E-state index contributed by atoms with van der Waals surface area (Å²) in [6, 6.07) is 7.40. The molecule has 0 aromatic heterocycles. The van der Waals surface area contributed by atoms with E-state index in [-0.39, 0.29) is 11.5 Å². The van der Waals surface area contributed by atoms with Crippen LogP contribution in [0.4, 0.5) is 0 Å². The molecular weight excluding hydrogens is 216 g/mol. The highest BCUT2D eigenvalue weighted by molar-refractivity contribution is 6.45. The van der Waals surface area contributed by atoms with Gasteiger partial charge in [0.05, 0.1) is 0 Å². The molecule has 0 aliphatic heterocycles. The molecule has 0 spiro atoms. The molecule has 0 atom stereocenters. The summed E-state index contributed by atoms with van der Waals surface area (Å²) in [6.45, 7) is 2.46. The molecule has 0 saturated heterocycles. The average molecular weight is 234 g/mol. The van der Waals surface area contributed by atoms with Crippen LogP contribution in [0.2, 0.25) is 0 Å². The molecule has 1 N–H and O–H groups in total. The molecular formula is C13H18N2O2. The molecule has 4 heteroatoms. The van der Waals surface area contributed by atoms with Crippen molar-refractivity contribution in [3.63, 3.8) is 0 Å². The minimum absolute atomic E-state index is 0.103. The standard InChI is InChI=1S/C13H18N2O2/c1-10(14-17)13(16)12-6-4-11(5-7-12)8-9-15(2)3/h4-7,17H,8-9H2,1-3H3. The molecule has 0 aliphatic carbocycles. The molecule has 0 heterocycles. The SMILES string of the molecule is CC(=NO)C(=O)c1ccc(CCN(C)C)cc1. The highest BCUT2D eigenvalue weighted by Gasteiger charge is 2.09. The van der Waals surface area contributed by atoms with Gasteiger partial charge in [-0.1, -0.05) is 29.4 Å². The maximum Gasteiger partial charge on any atom is 0.210 e. The number of ketones is 1. The maximum absolute atomic E-state index is 11.7. The monoisotopic (exact) mass is 234 g/mol. The number of rotatable bonds is 5. The summed E-state index contributed by atoms with van der Waals surface area (Å²) < 4.78 is 0. The molecule has 1 rings (SSSR count). The topological polar surface area (TPSA) is 52.9 Å². The highest BCUT2D eigenvalue weighted by Crippen LogP contribution is 2.07. The second kappa shape index (κ2) is 6.15.